The second-order valence-electron chi connectivity index (χ2n) is 8.02. The van der Waals surface area contributed by atoms with Crippen LogP contribution >= 0.6 is 23.1 Å². The zero-order chi connectivity index (χ0) is 22.8. The van der Waals surface area contributed by atoms with E-state index in [4.69, 9.17) is 4.55 Å². The van der Waals surface area contributed by atoms with Crippen LogP contribution in [0.15, 0.2) is 26.7 Å². The van der Waals surface area contributed by atoms with E-state index in [2.05, 4.69) is 43.4 Å². The number of anilines is 1. The highest BCUT2D eigenvalue weighted by atomic mass is 32.3. The molecule has 0 saturated carbocycles. The maximum absolute atomic E-state index is 11.1. The van der Waals surface area contributed by atoms with Crippen LogP contribution in [-0.4, -0.2) is 47.6 Å². The van der Waals surface area contributed by atoms with Crippen molar-refractivity contribution in [2.75, 3.05) is 23.8 Å². The highest BCUT2D eigenvalue weighted by Crippen LogP contribution is 2.42. The Morgan fingerprint density at radius 2 is 2.10 bits per heavy atom. The molecule has 31 heavy (non-hydrogen) atoms. The number of hydrogen-bond acceptors (Lipinski definition) is 10. The second kappa shape index (κ2) is 9.49. The SMILES string of the molecule is CCSc1nnc(N=Nc2cc3c(cc2C)N(C(C)(C)COS(=O)(=O)O)CCC3C)s1. The second-order valence-corrected chi connectivity index (χ2v) is 11.6. The molecule has 1 aromatic carbocycles. The van der Waals surface area contributed by atoms with Gasteiger partial charge >= 0.3 is 10.4 Å². The monoisotopic (exact) mass is 485 g/mol. The summed E-state index contributed by atoms with van der Waals surface area (Å²) < 4.78 is 36.7. The van der Waals surface area contributed by atoms with Crippen molar-refractivity contribution in [3.05, 3.63) is 23.3 Å². The quantitative estimate of drug-likeness (QED) is 0.305. The predicted octanol–water partition coefficient (Wildman–Crippen LogP) is 5.29. The fraction of sp³-hybridized carbons (Fsp3) is 0.579. The number of hydrogen-bond donors (Lipinski definition) is 1. The molecule has 170 valence electrons. The van der Waals surface area contributed by atoms with E-state index < -0.39 is 15.9 Å². The van der Waals surface area contributed by atoms with Crippen molar-refractivity contribution in [1.29, 1.82) is 0 Å². The van der Waals surface area contributed by atoms with Crippen molar-refractivity contribution in [1.82, 2.24) is 10.2 Å². The minimum atomic E-state index is -4.50. The highest BCUT2D eigenvalue weighted by molar-refractivity contribution is 8.01. The van der Waals surface area contributed by atoms with Gasteiger partial charge < -0.3 is 4.90 Å². The van der Waals surface area contributed by atoms with Gasteiger partial charge in [-0.05, 0) is 62.1 Å². The standard InChI is InChI=1S/C19H27N5O4S3/c1-6-29-18-23-22-17(30-18)21-20-15-10-14-12(2)7-8-24(16(14)9-13(15)3)19(4,5)11-28-31(25,26)27/h9-10,12H,6-8,11H2,1-5H3,(H,25,26,27). The van der Waals surface area contributed by atoms with E-state index in [0.29, 0.717) is 11.0 Å². The average Bonchev–Trinajstić information content (AvgIpc) is 3.12. The number of aryl methyl sites for hydroxylation is 1. The molecule has 0 bridgehead atoms. The van der Waals surface area contributed by atoms with Crippen LogP contribution in [0.4, 0.5) is 16.5 Å². The minimum absolute atomic E-state index is 0.157. The molecule has 1 aliphatic heterocycles. The van der Waals surface area contributed by atoms with Crippen LogP contribution in [0.1, 0.15) is 51.2 Å². The molecule has 3 rings (SSSR count). The van der Waals surface area contributed by atoms with Gasteiger partial charge in [0, 0.05) is 12.2 Å². The summed E-state index contributed by atoms with van der Waals surface area (Å²) >= 11 is 3.03. The molecule has 0 amide bonds. The number of rotatable bonds is 8. The van der Waals surface area contributed by atoms with Crippen molar-refractivity contribution in [3.63, 3.8) is 0 Å². The molecule has 0 aliphatic carbocycles. The maximum atomic E-state index is 11.1. The van der Waals surface area contributed by atoms with Gasteiger partial charge in [-0.15, -0.1) is 20.4 Å². The van der Waals surface area contributed by atoms with Crippen LogP contribution in [0.5, 0.6) is 0 Å². The zero-order valence-electron chi connectivity index (χ0n) is 18.2. The maximum Gasteiger partial charge on any atom is 0.397 e. The molecular formula is C19H27N5O4S3. The largest absolute Gasteiger partial charge is 0.397 e. The van der Waals surface area contributed by atoms with E-state index in [0.717, 1.165) is 45.6 Å². The Kier molecular flexibility index (Phi) is 7.36. The van der Waals surface area contributed by atoms with Crippen molar-refractivity contribution in [2.45, 2.75) is 56.8 Å². The first-order valence-corrected chi connectivity index (χ1v) is 13.1. The van der Waals surface area contributed by atoms with E-state index >= 15 is 0 Å². The first-order valence-electron chi connectivity index (χ1n) is 9.92. The van der Waals surface area contributed by atoms with Gasteiger partial charge in [-0.25, -0.2) is 4.18 Å². The number of benzene rings is 1. The van der Waals surface area contributed by atoms with Crippen molar-refractivity contribution >= 4 is 50.0 Å². The predicted molar refractivity (Wildman–Crippen MR) is 124 cm³/mol. The highest BCUT2D eigenvalue weighted by Gasteiger charge is 2.34. The smallest absolute Gasteiger partial charge is 0.364 e. The normalized spacial score (nSPS) is 17.4. The van der Waals surface area contributed by atoms with Gasteiger partial charge in [0.25, 0.3) is 5.13 Å². The van der Waals surface area contributed by atoms with E-state index in [-0.39, 0.29) is 6.61 Å². The third-order valence-electron chi connectivity index (χ3n) is 5.15. The van der Waals surface area contributed by atoms with Gasteiger partial charge in [-0.2, -0.15) is 8.42 Å². The lowest BCUT2D eigenvalue weighted by molar-refractivity contribution is 0.208. The first-order chi connectivity index (χ1) is 14.5. The van der Waals surface area contributed by atoms with Crippen LogP contribution in [0, 0.1) is 6.92 Å². The van der Waals surface area contributed by atoms with Crippen LogP contribution in [0.2, 0.25) is 0 Å². The molecule has 9 nitrogen and oxygen atoms in total. The van der Waals surface area contributed by atoms with Crippen LogP contribution < -0.4 is 4.90 Å². The number of nitrogens with zero attached hydrogens (tertiary/aromatic N) is 5. The molecule has 0 saturated heterocycles. The topological polar surface area (TPSA) is 117 Å². The van der Waals surface area contributed by atoms with Gasteiger partial charge in [-0.3, -0.25) is 4.55 Å². The fourth-order valence-electron chi connectivity index (χ4n) is 3.48. The Labute approximate surface area is 191 Å². The summed E-state index contributed by atoms with van der Waals surface area (Å²) in [5.74, 6) is 1.24. The third-order valence-corrected chi connectivity index (χ3v) is 7.39. The molecule has 0 fully saturated rings. The molecule has 1 aliphatic rings. The fourth-order valence-corrected chi connectivity index (χ4v) is 5.48. The van der Waals surface area contributed by atoms with Gasteiger partial charge in [0.15, 0.2) is 4.34 Å². The van der Waals surface area contributed by atoms with Crippen molar-refractivity contribution in [3.8, 4) is 0 Å². The zero-order valence-corrected chi connectivity index (χ0v) is 20.6. The summed E-state index contributed by atoms with van der Waals surface area (Å²) in [5.41, 5.74) is 3.20. The molecule has 1 aromatic heterocycles. The van der Waals surface area contributed by atoms with Gasteiger partial charge in [0.1, 0.15) is 0 Å². The molecule has 0 spiro atoms. The lowest BCUT2D eigenvalue weighted by Gasteiger charge is -2.45. The molecule has 2 heterocycles. The van der Waals surface area contributed by atoms with E-state index in [1.54, 1.807) is 11.8 Å². The number of fused-ring (bicyclic) bond motifs is 1. The van der Waals surface area contributed by atoms with Gasteiger partial charge in [-0.1, -0.05) is 36.9 Å². The van der Waals surface area contributed by atoms with Crippen LogP contribution in [-0.2, 0) is 14.6 Å². The Morgan fingerprint density at radius 1 is 1.35 bits per heavy atom. The van der Waals surface area contributed by atoms with E-state index in [1.807, 2.05) is 32.9 Å². The lowest BCUT2D eigenvalue weighted by Crippen LogP contribution is -2.50. The van der Waals surface area contributed by atoms with Crippen molar-refractivity contribution in [2.24, 2.45) is 10.2 Å². The Morgan fingerprint density at radius 3 is 2.77 bits per heavy atom. The van der Waals surface area contributed by atoms with Crippen molar-refractivity contribution < 1.29 is 17.2 Å². The molecule has 1 unspecified atom stereocenters. The van der Waals surface area contributed by atoms with Gasteiger partial charge in [0.2, 0.25) is 0 Å². The molecule has 1 atom stereocenters. The summed E-state index contributed by atoms with van der Waals surface area (Å²) in [7, 11) is -4.50. The van der Waals surface area contributed by atoms with Crippen LogP contribution in [0.3, 0.4) is 0 Å². The van der Waals surface area contributed by atoms with E-state index in [9.17, 15) is 8.42 Å². The molecule has 1 N–H and O–H groups in total. The number of aromatic nitrogens is 2. The molecular weight excluding hydrogens is 458 g/mol. The van der Waals surface area contributed by atoms with Gasteiger partial charge in [0.05, 0.1) is 17.8 Å². The Bertz CT molecular complexity index is 1070. The lowest BCUT2D eigenvalue weighted by atomic mass is 9.87. The summed E-state index contributed by atoms with van der Waals surface area (Å²) in [4.78, 5) is 2.13. The number of thioether (sulfide) groups is 1. The molecule has 2 aromatic rings. The summed E-state index contributed by atoms with van der Waals surface area (Å²) in [6.45, 7) is 10.6. The van der Waals surface area contributed by atoms with Crippen LogP contribution in [0.25, 0.3) is 0 Å². The average molecular weight is 486 g/mol. The number of azo groups is 1. The molecule has 0 radical (unpaired) electrons. The Balaban J connectivity index is 1.89. The summed E-state index contributed by atoms with van der Waals surface area (Å²) in [6, 6.07) is 4.08. The third kappa shape index (κ3) is 6.01. The first kappa shape index (κ1) is 24.1. The molecule has 12 heteroatoms. The summed E-state index contributed by atoms with van der Waals surface area (Å²) in [5, 5.41) is 17.4. The van der Waals surface area contributed by atoms with E-state index in [1.165, 1.54) is 11.3 Å². The summed E-state index contributed by atoms with van der Waals surface area (Å²) in [6.07, 6.45) is 0.899. The minimum Gasteiger partial charge on any atom is -0.364 e. The Hall–Kier alpha value is -1.60.